The molecule has 0 bridgehead atoms. The van der Waals surface area contributed by atoms with Gasteiger partial charge in [0, 0.05) is 6.42 Å². The van der Waals surface area contributed by atoms with E-state index >= 15 is 0 Å². The first-order chi connectivity index (χ1) is 9.17. The van der Waals surface area contributed by atoms with Gasteiger partial charge in [-0.2, -0.15) is 9.97 Å². The van der Waals surface area contributed by atoms with Crippen LogP contribution in [0.1, 0.15) is 6.42 Å². The molecule has 9 heteroatoms. The number of nitrogens with one attached hydrogen (secondary N) is 2. The molecule has 102 valence electrons. The summed E-state index contributed by atoms with van der Waals surface area (Å²) in [6.45, 7) is -0.140. The van der Waals surface area contributed by atoms with Crippen LogP contribution in [0.15, 0.2) is 6.33 Å². The third kappa shape index (κ3) is 2.35. The number of fused-ring (bicyclic) bond motifs is 1. The fourth-order valence-corrected chi connectivity index (χ4v) is 2.20. The molecule has 2 aromatic rings. The molecule has 3 atom stereocenters. The van der Waals surface area contributed by atoms with Gasteiger partial charge in [0.15, 0.2) is 17.7 Å². The molecule has 3 rings (SSSR count). The number of aliphatic hydroxyl groups excluding tert-OH is 2. The maximum atomic E-state index is 9.84. The zero-order valence-electron chi connectivity index (χ0n) is 9.75. The summed E-state index contributed by atoms with van der Waals surface area (Å²) in [5.74, 6) is 0.398. The van der Waals surface area contributed by atoms with Crippen LogP contribution in [0.4, 0.5) is 5.82 Å². The van der Waals surface area contributed by atoms with E-state index in [1.54, 1.807) is 0 Å². The van der Waals surface area contributed by atoms with E-state index < -0.39 is 12.3 Å². The van der Waals surface area contributed by atoms with Gasteiger partial charge in [0.2, 0.25) is 5.28 Å². The smallest absolute Gasteiger partial charge is 0.226 e. The topological polar surface area (TPSA) is 116 Å². The van der Waals surface area contributed by atoms with Crippen molar-refractivity contribution in [3.8, 4) is 0 Å². The molecular formula is C10H12ClN5O3. The first kappa shape index (κ1) is 12.5. The summed E-state index contributed by atoms with van der Waals surface area (Å²) in [4.78, 5) is 14.9. The summed E-state index contributed by atoms with van der Waals surface area (Å²) in [5.41, 5.74) is 1.00. The quantitative estimate of drug-likeness (QED) is 0.581. The number of ether oxygens (including phenoxy) is 1. The number of nitrogens with zero attached hydrogens (tertiary/aromatic N) is 3. The van der Waals surface area contributed by atoms with Gasteiger partial charge in [0.05, 0.1) is 19.0 Å². The second kappa shape index (κ2) is 4.89. The molecule has 2 aromatic heterocycles. The van der Waals surface area contributed by atoms with Crippen molar-refractivity contribution < 1.29 is 14.9 Å². The largest absolute Gasteiger partial charge is 0.394 e. The van der Waals surface area contributed by atoms with Crippen LogP contribution in [0.3, 0.4) is 0 Å². The standard InChI is InChI=1S/C10H12ClN5O3/c11-10-15-7-6(12-3-13-7)8(16-10)14-9-5(18)1-4(2-17)19-9/h3-5,9,17-18H,1-2H2,(H2,12,13,14,15,16)/t4-,5+,9+/m0/s1. The average Bonchev–Trinajstić information content (AvgIpc) is 2.96. The molecule has 0 radical (unpaired) electrons. The van der Waals surface area contributed by atoms with Gasteiger partial charge in [0.25, 0.3) is 0 Å². The van der Waals surface area contributed by atoms with Gasteiger partial charge in [-0.1, -0.05) is 0 Å². The van der Waals surface area contributed by atoms with Gasteiger partial charge in [-0.25, -0.2) is 4.98 Å². The van der Waals surface area contributed by atoms with Crippen LogP contribution in [0.25, 0.3) is 11.2 Å². The normalized spacial score (nSPS) is 27.0. The van der Waals surface area contributed by atoms with Crippen molar-refractivity contribution in [1.82, 2.24) is 19.9 Å². The van der Waals surface area contributed by atoms with Crippen molar-refractivity contribution in [2.45, 2.75) is 24.9 Å². The molecule has 0 unspecified atom stereocenters. The molecule has 0 aliphatic carbocycles. The van der Waals surface area contributed by atoms with Gasteiger partial charge in [-0.05, 0) is 11.6 Å². The third-order valence-corrected chi connectivity index (χ3v) is 3.10. The second-order valence-electron chi connectivity index (χ2n) is 4.25. The molecular weight excluding hydrogens is 274 g/mol. The summed E-state index contributed by atoms with van der Waals surface area (Å²) >= 11 is 5.80. The van der Waals surface area contributed by atoms with Gasteiger partial charge in [-0.15, -0.1) is 0 Å². The van der Waals surface area contributed by atoms with E-state index in [4.69, 9.17) is 21.4 Å². The molecule has 1 aliphatic rings. The Labute approximate surface area is 112 Å². The lowest BCUT2D eigenvalue weighted by Crippen LogP contribution is -2.30. The minimum Gasteiger partial charge on any atom is -0.394 e. The lowest BCUT2D eigenvalue weighted by Gasteiger charge is -2.17. The SMILES string of the molecule is OC[C@@H]1C[C@@H](O)[C@H](Nc2nc(Cl)nc3nc[nH]c23)O1. The van der Waals surface area contributed by atoms with E-state index in [-0.39, 0.29) is 18.0 Å². The fraction of sp³-hybridized carbons (Fsp3) is 0.500. The Morgan fingerprint density at radius 3 is 3.11 bits per heavy atom. The maximum absolute atomic E-state index is 9.84. The van der Waals surface area contributed by atoms with Crippen LogP contribution in [-0.4, -0.2) is 55.2 Å². The highest BCUT2D eigenvalue weighted by Gasteiger charge is 2.34. The minimum absolute atomic E-state index is 0.0493. The first-order valence-electron chi connectivity index (χ1n) is 5.75. The molecule has 0 amide bonds. The van der Waals surface area contributed by atoms with Crippen molar-refractivity contribution in [2.75, 3.05) is 11.9 Å². The first-order valence-corrected chi connectivity index (χ1v) is 6.12. The van der Waals surface area contributed by atoms with Crippen molar-refractivity contribution in [2.24, 2.45) is 0 Å². The summed E-state index contributed by atoms with van der Waals surface area (Å²) in [7, 11) is 0. The van der Waals surface area contributed by atoms with E-state index in [1.165, 1.54) is 6.33 Å². The Morgan fingerprint density at radius 1 is 1.53 bits per heavy atom. The Balaban J connectivity index is 1.87. The van der Waals surface area contributed by atoms with Gasteiger partial charge in [-0.3, -0.25) is 0 Å². The van der Waals surface area contributed by atoms with Crippen LogP contribution >= 0.6 is 11.6 Å². The van der Waals surface area contributed by atoms with Gasteiger partial charge in [0.1, 0.15) is 11.6 Å². The summed E-state index contributed by atoms with van der Waals surface area (Å²) in [5, 5.41) is 21.9. The number of aromatic amines is 1. The Kier molecular flexibility index (Phi) is 3.23. The predicted octanol–water partition coefficient (Wildman–Crippen LogP) is -0.114. The van der Waals surface area contributed by atoms with Crippen LogP contribution in [0, 0.1) is 0 Å². The lowest BCUT2D eigenvalue weighted by molar-refractivity contribution is 0.00521. The number of H-pyrrole nitrogens is 1. The summed E-state index contributed by atoms with van der Waals surface area (Å²) in [6.07, 6.45) is 0.0585. The molecule has 3 heterocycles. The van der Waals surface area contributed by atoms with E-state index in [0.717, 1.165) is 0 Å². The second-order valence-corrected chi connectivity index (χ2v) is 4.59. The zero-order valence-corrected chi connectivity index (χ0v) is 10.5. The Bertz CT molecular complexity index is 592. The van der Waals surface area contributed by atoms with E-state index in [1.807, 2.05) is 0 Å². The third-order valence-electron chi connectivity index (χ3n) is 2.93. The van der Waals surface area contributed by atoms with Gasteiger partial charge < -0.3 is 25.3 Å². The van der Waals surface area contributed by atoms with E-state index in [2.05, 4.69) is 25.3 Å². The van der Waals surface area contributed by atoms with Crippen molar-refractivity contribution in [3.05, 3.63) is 11.6 Å². The van der Waals surface area contributed by atoms with Crippen molar-refractivity contribution >= 4 is 28.6 Å². The number of hydrogen-bond donors (Lipinski definition) is 4. The number of anilines is 1. The number of aliphatic hydroxyl groups is 2. The van der Waals surface area contributed by atoms with Crippen molar-refractivity contribution in [3.63, 3.8) is 0 Å². The van der Waals surface area contributed by atoms with Crippen LogP contribution in [-0.2, 0) is 4.74 Å². The molecule has 1 aliphatic heterocycles. The van der Waals surface area contributed by atoms with Crippen LogP contribution in [0.5, 0.6) is 0 Å². The summed E-state index contributed by atoms with van der Waals surface area (Å²) in [6, 6.07) is 0. The molecule has 1 saturated heterocycles. The highest BCUT2D eigenvalue weighted by molar-refractivity contribution is 6.28. The molecule has 4 N–H and O–H groups in total. The monoisotopic (exact) mass is 285 g/mol. The number of rotatable bonds is 3. The number of imidazole rings is 1. The zero-order chi connectivity index (χ0) is 13.4. The number of aromatic nitrogens is 4. The summed E-state index contributed by atoms with van der Waals surface area (Å²) < 4.78 is 5.44. The molecule has 19 heavy (non-hydrogen) atoms. The average molecular weight is 286 g/mol. The van der Waals surface area contributed by atoms with E-state index in [9.17, 15) is 5.11 Å². The molecule has 1 fully saturated rings. The molecule has 8 nitrogen and oxygen atoms in total. The minimum atomic E-state index is -0.733. The van der Waals surface area contributed by atoms with Gasteiger partial charge >= 0.3 is 0 Å². The number of halogens is 1. The molecule has 0 saturated carbocycles. The highest BCUT2D eigenvalue weighted by atomic mass is 35.5. The lowest BCUT2D eigenvalue weighted by atomic mass is 10.2. The predicted molar refractivity (Wildman–Crippen MR) is 66.7 cm³/mol. The Hall–Kier alpha value is -1.48. The van der Waals surface area contributed by atoms with Crippen LogP contribution < -0.4 is 5.32 Å². The van der Waals surface area contributed by atoms with E-state index in [0.29, 0.717) is 23.4 Å². The molecule has 0 spiro atoms. The van der Waals surface area contributed by atoms with Crippen molar-refractivity contribution in [1.29, 1.82) is 0 Å². The molecule has 0 aromatic carbocycles. The Morgan fingerprint density at radius 2 is 2.37 bits per heavy atom. The van der Waals surface area contributed by atoms with Crippen LogP contribution in [0.2, 0.25) is 5.28 Å². The maximum Gasteiger partial charge on any atom is 0.226 e. The number of hydrogen-bond acceptors (Lipinski definition) is 7. The highest BCUT2D eigenvalue weighted by Crippen LogP contribution is 2.25. The fourth-order valence-electron chi connectivity index (χ4n) is 2.04.